The van der Waals surface area contributed by atoms with Gasteiger partial charge in [-0.15, -0.1) is 0 Å². The van der Waals surface area contributed by atoms with E-state index < -0.39 is 0 Å². The Labute approximate surface area is 80.0 Å². The van der Waals surface area contributed by atoms with Gasteiger partial charge >= 0.3 is 0 Å². The average Bonchev–Trinajstić information content (AvgIpc) is 2.79. The zero-order chi connectivity index (χ0) is 9.47. The molecule has 1 fully saturated rings. The summed E-state index contributed by atoms with van der Waals surface area (Å²) in [5.74, 6) is 0.702. The smallest absolute Gasteiger partial charge is 0.00287 e. The van der Waals surface area contributed by atoms with Gasteiger partial charge in [0.2, 0.25) is 0 Å². The number of hydrogen-bond donors (Lipinski definition) is 1. The summed E-state index contributed by atoms with van der Waals surface area (Å²) in [6, 6.07) is 8.65. The molecule has 1 aromatic rings. The first kappa shape index (κ1) is 8.76. The van der Waals surface area contributed by atoms with Gasteiger partial charge in [0.15, 0.2) is 0 Å². The highest BCUT2D eigenvalue weighted by atomic mass is 14.7. The number of hydrogen-bond acceptors (Lipinski definition) is 1. The molecule has 0 aromatic heterocycles. The molecule has 2 atom stereocenters. The minimum Gasteiger partial charge on any atom is -0.330 e. The van der Waals surface area contributed by atoms with Crippen LogP contribution in [0.25, 0.3) is 0 Å². The lowest BCUT2D eigenvalue weighted by Crippen LogP contribution is -2.12. The van der Waals surface area contributed by atoms with Gasteiger partial charge in [-0.1, -0.05) is 31.2 Å². The first-order valence-electron chi connectivity index (χ1n) is 4.94. The molecule has 0 aliphatic heterocycles. The summed E-state index contributed by atoms with van der Waals surface area (Å²) < 4.78 is 0. The first-order valence-corrected chi connectivity index (χ1v) is 4.94. The van der Waals surface area contributed by atoms with E-state index in [2.05, 4.69) is 38.1 Å². The molecule has 0 saturated heterocycles. The van der Waals surface area contributed by atoms with Gasteiger partial charge in [-0.3, -0.25) is 0 Å². The predicted molar refractivity (Wildman–Crippen MR) is 55.7 cm³/mol. The number of aryl methyl sites for hydroxylation is 1. The normalized spacial score (nSPS) is 31.8. The molecule has 0 spiro atoms. The zero-order valence-electron chi connectivity index (χ0n) is 8.38. The molecule has 13 heavy (non-hydrogen) atoms. The molecule has 1 aromatic carbocycles. The van der Waals surface area contributed by atoms with Gasteiger partial charge in [0, 0.05) is 0 Å². The Balaban J connectivity index is 2.32. The topological polar surface area (TPSA) is 26.0 Å². The van der Waals surface area contributed by atoms with Crippen molar-refractivity contribution in [1.29, 1.82) is 0 Å². The van der Waals surface area contributed by atoms with E-state index in [0.717, 1.165) is 6.54 Å². The number of benzene rings is 1. The Morgan fingerprint density at radius 1 is 1.46 bits per heavy atom. The highest BCUT2D eigenvalue weighted by molar-refractivity contribution is 5.38. The molecule has 2 N–H and O–H groups in total. The summed E-state index contributed by atoms with van der Waals surface area (Å²) in [4.78, 5) is 0. The van der Waals surface area contributed by atoms with Crippen molar-refractivity contribution >= 4 is 0 Å². The number of rotatable bonds is 2. The Morgan fingerprint density at radius 2 is 2.15 bits per heavy atom. The largest absolute Gasteiger partial charge is 0.330 e. The summed E-state index contributed by atoms with van der Waals surface area (Å²) in [6.45, 7) is 5.34. The first-order chi connectivity index (χ1) is 6.18. The average molecular weight is 175 g/mol. The third-order valence-electron chi connectivity index (χ3n) is 3.46. The lowest BCUT2D eigenvalue weighted by Gasteiger charge is -2.13. The Morgan fingerprint density at radius 3 is 2.69 bits per heavy atom. The monoisotopic (exact) mass is 175 g/mol. The zero-order valence-corrected chi connectivity index (χ0v) is 8.38. The summed E-state index contributed by atoms with van der Waals surface area (Å²) >= 11 is 0. The predicted octanol–water partition coefficient (Wildman–Crippen LogP) is 2.23. The summed E-state index contributed by atoms with van der Waals surface area (Å²) in [5.41, 5.74) is 8.97. The third kappa shape index (κ3) is 1.28. The second-order valence-corrected chi connectivity index (χ2v) is 4.37. The second-order valence-electron chi connectivity index (χ2n) is 4.37. The van der Waals surface area contributed by atoms with Crippen LogP contribution >= 0.6 is 0 Å². The van der Waals surface area contributed by atoms with Crippen molar-refractivity contribution in [3.8, 4) is 0 Å². The minimum absolute atomic E-state index is 0.375. The van der Waals surface area contributed by atoms with E-state index in [1.54, 1.807) is 0 Å². The molecule has 1 aliphatic carbocycles. The van der Waals surface area contributed by atoms with Crippen LogP contribution < -0.4 is 5.73 Å². The van der Waals surface area contributed by atoms with Crippen molar-refractivity contribution in [1.82, 2.24) is 0 Å². The molecule has 70 valence electrons. The third-order valence-corrected chi connectivity index (χ3v) is 3.46. The lowest BCUT2D eigenvalue weighted by molar-refractivity contribution is 0.662. The van der Waals surface area contributed by atoms with Crippen LogP contribution in [-0.2, 0) is 5.41 Å². The van der Waals surface area contributed by atoms with Crippen molar-refractivity contribution in [2.45, 2.75) is 25.7 Å². The summed E-state index contributed by atoms with van der Waals surface area (Å²) in [7, 11) is 0. The molecule has 0 bridgehead atoms. The van der Waals surface area contributed by atoms with Gasteiger partial charge in [0.1, 0.15) is 0 Å². The van der Waals surface area contributed by atoms with Crippen molar-refractivity contribution in [2.75, 3.05) is 6.54 Å². The highest BCUT2D eigenvalue weighted by Crippen LogP contribution is 2.53. The van der Waals surface area contributed by atoms with E-state index in [-0.39, 0.29) is 0 Å². The maximum absolute atomic E-state index is 5.70. The van der Waals surface area contributed by atoms with Gasteiger partial charge < -0.3 is 5.73 Å². The molecule has 0 radical (unpaired) electrons. The molecule has 1 nitrogen and oxygen atoms in total. The molecule has 2 rings (SSSR count). The van der Waals surface area contributed by atoms with Crippen LogP contribution in [0.15, 0.2) is 24.3 Å². The van der Waals surface area contributed by atoms with Crippen LogP contribution in [0.5, 0.6) is 0 Å². The molecular formula is C12H17N. The fourth-order valence-corrected chi connectivity index (χ4v) is 2.34. The van der Waals surface area contributed by atoms with Crippen LogP contribution in [0, 0.1) is 12.8 Å². The standard InChI is InChI=1S/C12H17N/c1-9-5-3-4-6-11(9)12(2)7-10(12)8-13/h3-6,10H,7-8,13H2,1-2H3/t10-,12+/m0/s1. The highest BCUT2D eigenvalue weighted by Gasteiger charge is 2.50. The summed E-state index contributed by atoms with van der Waals surface area (Å²) in [6.07, 6.45) is 1.26. The van der Waals surface area contributed by atoms with E-state index in [1.165, 1.54) is 17.5 Å². The van der Waals surface area contributed by atoms with E-state index in [9.17, 15) is 0 Å². The fourth-order valence-electron chi connectivity index (χ4n) is 2.34. The van der Waals surface area contributed by atoms with Crippen molar-refractivity contribution in [3.63, 3.8) is 0 Å². The molecule has 0 heterocycles. The van der Waals surface area contributed by atoms with Gasteiger partial charge in [-0.25, -0.2) is 0 Å². The van der Waals surface area contributed by atoms with Crippen LogP contribution in [0.4, 0.5) is 0 Å². The summed E-state index contributed by atoms with van der Waals surface area (Å²) in [5, 5.41) is 0. The van der Waals surface area contributed by atoms with E-state index in [4.69, 9.17) is 5.73 Å². The quantitative estimate of drug-likeness (QED) is 0.733. The Bertz CT molecular complexity index is 319. The van der Waals surface area contributed by atoms with Crippen LogP contribution in [0.3, 0.4) is 0 Å². The van der Waals surface area contributed by atoms with Crippen LogP contribution in [-0.4, -0.2) is 6.54 Å². The molecule has 1 aliphatic rings. The molecule has 0 unspecified atom stereocenters. The maximum atomic E-state index is 5.70. The fraction of sp³-hybridized carbons (Fsp3) is 0.500. The van der Waals surface area contributed by atoms with Crippen LogP contribution in [0.2, 0.25) is 0 Å². The van der Waals surface area contributed by atoms with Crippen molar-refractivity contribution in [2.24, 2.45) is 11.7 Å². The van der Waals surface area contributed by atoms with E-state index >= 15 is 0 Å². The van der Waals surface area contributed by atoms with Gasteiger partial charge in [0.05, 0.1) is 0 Å². The van der Waals surface area contributed by atoms with Crippen molar-refractivity contribution < 1.29 is 0 Å². The van der Waals surface area contributed by atoms with Gasteiger partial charge in [-0.2, -0.15) is 0 Å². The Hall–Kier alpha value is -0.820. The van der Waals surface area contributed by atoms with Gasteiger partial charge in [-0.05, 0) is 42.3 Å². The van der Waals surface area contributed by atoms with E-state index in [0.29, 0.717) is 11.3 Å². The molecule has 1 saturated carbocycles. The van der Waals surface area contributed by atoms with Crippen LogP contribution in [0.1, 0.15) is 24.5 Å². The Kier molecular flexibility index (Phi) is 1.92. The second kappa shape index (κ2) is 2.85. The number of nitrogens with two attached hydrogens (primary N) is 1. The molecule has 0 amide bonds. The van der Waals surface area contributed by atoms with Gasteiger partial charge in [0.25, 0.3) is 0 Å². The SMILES string of the molecule is Cc1ccccc1[C@]1(C)C[C@H]1CN. The minimum atomic E-state index is 0.375. The molecular weight excluding hydrogens is 158 g/mol. The van der Waals surface area contributed by atoms with E-state index in [1.807, 2.05) is 0 Å². The van der Waals surface area contributed by atoms with Crippen molar-refractivity contribution in [3.05, 3.63) is 35.4 Å². The maximum Gasteiger partial charge on any atom is -0.00287 e. The lowest BCUT2D eigenvalue weighted by atomic mass is 9.91. The molecule has 1 heteroatoms.